The van der Waals surface area contributed by atoms with E-state index in [1.165, 1.54) is 0 Å². The first-order valence-corrected chi connectivity index (χ1v) is 9.28. The van der Waals surface area contributed by atoms with Crippen molar-refractivity contribution in [3.8, 4) is 17.1 Å². The van der Waals surface area contributed by atoms with E-state index in [1.807, 2.05) is 86.6 Å². The average Bonchev–Trinajstić information content (AvgIpc) is 3.09. The first kappa shape index (κ1) is 17.9. The molecule has 0 spiro atoms. The molecule has 0 saturated heterocycles. The van der Waals surface area contributed by atoms with Gasteiger partial charge in [-0.05, 0) is 44.2 Å². The zero-order valence-electron chi connectivity index (χ0n) is 15.9. The molecule has 3 aromatic carbocycles. The molecule has 0 atom stereocenters. The molecule has 0 saturated carbocycles. The highest BCUT2D eigenvalue weighted by Gasteiger charge is 2.22. The number of rotatable bonds is 5. The van der Waals surface area contributed by atoms with Crippen LogP contribution in [-0.4, -0.2) is 12.5 Å². The van der Waals surface area contributed by atoms with Crippen LogP contribution in [0.2, 0.25) is 0 Å². The molecule has 0 fully saturated rings. The fraction of sp³-hybridized carbons (Fsp3) is 0.125. The number of nitrogens with one attached hydrogen (secondary N) is 1. The number of furan rings is 1. The largest absolute Gasteiger partial charge is 0.494 e. The van der Waals surface area contributed by atoms with Crippen molar-refractivity contribution in [1.29, 1.82) is 0 Å². The number of carbonyl (C=O) groups excluding carboxylic acids is 1. The van der Waals surface area contributed by atoms with Crippen LogP contribution in [0.15, 0.2) is 77.2 Å². The number of hydrogen-bond donors (Lipinski definition) is 1. The van der Waals surface area contributed by atoms with Gasteiger partial charge in [0.2, 0.25) is 0 Å². The lowest BCUT2D eigenvalue weighted by molar-refractivity contribution is 0.102. The van der Waals surface area contributed by atoms with Gasteiger partial charge in [-0.2, -0.15) is 0 Å². The molecule has 0 bridgehead atoms. The number of anilines is 1. The fourth-order valence-corrected chi connectivity index (χ4v) is 3.18. The smallest absolute Gasteiger partial charge is 0.260 e. The van der Waals surface area contributed by atoms with Crippen molar-refractivity contribution < 1.29 is 13.9 Å². The minimum Gasteiger partial charge on any atom is -0.494 e. The number of benzene rings is 3. The summed E-state index contributed by atoms with van der Waals surface area (Å²) in [7, 11) is 0. The summed E-state index contributed by atoms with van der Waals surface area (Å²) in [6.07, 6.45) is 0. The quantitative estimate of drug-likeness (QED) is 0.464. The summed E-state index contributed by atoms with van der Waals surface area (Å²) < 4.78 is 11.7. The van der Waals surface area contributed by atoms with E-state index in [0.29, 0.717) is 29.3 Å². The molecule has 0 aliphatic rings. The summed E-state index contributed by atoms with van der Waals surface area (Å²) in [5.41, 5.74) is 3.88. The first-order valence-electron chi connectivity index (χ1n) is 9.28. The summed E-state index contributed by atoms with van der Waals surface area (Å²) in [5, 5.41) is 3.72. The Bertz CT molecular complexity index is 1110. The van der Waals surface area contributed by atoms with Crippen LogP contribution in [0.4, 0.5) is 5.69 Å². The van der Waals surface area contributed by atoms with Crippen LogP contribution < -0.4 is 10.1 Å². The van der Waals surface area contributed by atoms with Crippen LogP contribution in [-0.2, 0) is 0 Å². The highest BCUT2D eigenvalue weighted by molar-refractivity contribution is 6.16. The van der Waals surface area contributed by atoms with Crippen LogP contribution >= 0.6 is 0 Å². The van der Waals surface area contributed by atoms with E-state index in [2.05, 4.69) is 5.32 Å². The second-order valence-corrected chi connectivity index (χ2v) is 6.58. The molecule has 4 heteroatoms. The van der Waals surface area contributed by atoms with Crippen molar-refractivity contribution in [3.05, 3.63) is 83.9 Å². The number of ether oxygens (including phenoxy) is 1. The van der Waals surface area contributed by atoms with Crippen LogP contribution in [0.5, 0.6) is 5.75 Å². The lowest BCUT2D eigenvalue weighted by Gasteiger charge is -2.07. The van der Waals surface area contributed by atoms with Gasteiger partial charge in [-0.1, -0.05) is 48.0 Å². The average molecular weight is 371 g/mol. The molecule has 0 aliphatic carbocycles. The number of carbonyl (C=O) groups is 1. The third kappa shape index (κ3) is 3.49. The maximum Gasteiger partial charge on any atom is 0.260 e. The lowest BCUT2D eigenvalue weighted by atomic mass is 10.0. The summed E-state index contributed by atoms with van der Waals surface area (Å²) in [6, 6.07) is 22.9. The Labute approximate surface area is 163 Å². The van der Waals surface area contributed by atoms with E-state index in [0.717, 1.165) is 22.2 Å². The molecule has 4 rings (SSSR count). The monoisotopic (exact) mass is 371 g/mol. The van der Waals surface area contributed by atoms with Crippen LogP contribution in [0.25, 0.3) is 22.3 Å². The Kier molecular flexibility index (Phi) is 4.85. The summed E-state index contributed by atoms with van der Waals surface area (Å²) in [4.78, 5) is 13.2. The maximum absolute atomic E-state index is 13.2. The number of fused-ring (bicyclic) bond motifs is 1. The zero-order valence-corrected chi connectivity index (χ0v) is 15.9. The zero-order chi connectivity index (χ0) is 19.5. The standard InChI is InChI=1S/C24H21NO3/c1-3-27-19-13-14-21-20(15-19)22(23(28-21)17-7-5-4-6-8-17)24(26)25-18-11-9-16(2)10-12-18/h4-15H,3H2,1-2H3,(H,25,26). The minimum absolute atomic E-state index is 0.213. The van der Waals surface area contributed by atoms with Crippen LogP contribution in [0, 0.1) is 6.92 Å². The summed E-state index contributed by atoms with van der Waals surface area (Å²) in [6.45, 7) is 4.50. The van der Waals surface area contributed by atoms with Crippen LogP contribution in [0.1, 0.15) is 22.8 Å². The van der Waals surface area contributed by atoms with E-state index in [-0.39, 0.29) is 5.91 Å². The van der Waals surface area contributed by atoms with Crippen molar-refractivity contribution in [3.63, 3.8) is 0 Å². The molecule has 1 aromatic heterocycles. The van der Waals surface area contributed by atoms with Gasteiger partial charge < -0.3 is 14.5 Å². The second-order valence-electron chi connectivity index (χ2n) is 6.58. The predicted octanol–water partition coefficient (Wildman–Crippen LogP) is 6.06. The van der Waals surface area contributed by atoms with Gasteiger partial charge in [0, 0.05) is 16.6 Å². The van der Waals surface area contributed by atoms with Crippen molar-refractivity contribution in [1.82, 2.24) is 0 Å². The summed E-state index contributed by atoms with van der Waals surface area (Å²) in [5.74, 6) is 1.05. The van der Waals surface area contributed by atoms with Gasteiger partial charge in [-0.15, -0.1) is 0 Å². The van der Waals surface area contributed by atoms with E-state index in [9.17, 15) is 4.79 Å². The molecule has 1 heterocycles. The third-order valence-electron chi connectivity index (χ3n) is 4.54. The SMILES string of the molecule is CCOc1ccc2oc(-c3ccccc3)c(C(=O)Nc3ccc(C)cc3)c2c1. The molecule has 0 unspecified atom stereocenters. The van der Waals surface area contributed by atoms with Crippen molar-refractivity contribution in [2.45, 2.75) is 13.8 Å². The van der Waals surface area contributed by atoms with Gasteiger partial charge in [0.05, 0.1) is 12.2 Å². The predicted molar refractivity (Wildman–Crippen MR) is 112 cm³/mol. The molecule has 0 aliphatic heterocycles. The van der Waals surface area contributed by atoms with Gasteiger partial charge >= 0.3 is 0 Å². The molecule has 1 amide bonds. The van der Waals surface area contributed by atoms with E-state index >= 15 is 0 Å². The number of hydrogen-bond acceptors (Lipinski definition) is 3. The molecule has 0 radical (unpaired) electrons. The molecule has 4 nitrogen and oxygen atoms in total. The highest BCUT2D eigenvalue weighted by Crippen LogP contribution is 2.36. The lowest BCUT2D eigenvalue weighted by Crippen LogP contribution is -2.12. The van der Waals surface area contributed by atoms with E-state index in [4.69, 9.17) is 9.15 Å². The fourth-order valence-electron chi connectivity index (χ4n) is 3.18. The Morgan fingerprint density at radius 2 is 1.75 bits per heavy atom. The Balaban J connectivity index is 1.83. The number of amides is 1. The van der Waals surface area contributed by atoms with Crippen molar-refractivity contribution >= 4 is 22.6 Å². The normalized spacial score (nSPS) is 10.8. The topological polar surface area (TPSA) is 51.5 Å². The molecule has 4 aromatic rings. The maximum atomic E-state index is 13.2. The molecule has 1 N–H and O–H groups in total. The van der Waals surface area contributed by atoms with Gasteiger partial charge in [-0.25, -0.2) is 0 Å². The van der Waals surface area contributed by atoms with Crippen molar-refractivity contribution in [2.75, 3.05) is 11.9 Å². The Hall–Kier alpha value is -3.53. The summed E-state index contributed by atoms with van der Waals surface area (Å²) >= 11 is 0. The third-order valence-corrected chi connectivity index (χ3v) is 4.54. The Morgan fingerprint density at radius 1 is 1.00 bits per heavy atom. The Morgan fingerprint density at radius 3 is 2.46 bits per heavy atom. The highest BCUT2D eigenvalue weighted by atomic mass is 16.5. The van der Waals surface area contributed by atoms with E-state index < -0.39 is 0 Å². The molecular weight excluding hydrogens is 350 g/mol. The van der Waals surface area contributed by atoms with Gasteiger partial charge in [0.25, 0.3) is 5.91 Å². The van der Waals surface area contributed by atoms with Gasteiger partial charge in [0.1, 0.15) is 17.1 Å². The van der Waals surface area contributed by atoms with Crippen LogP contribution in [0.3, 0.4) is 0 Å². The van der Waals surface area contributed by atoms with Crippen molar-refractivity contribution in [2.24, 2.45) is 0 Å². The second kappa shape index (κ2) is 7.61. The van der Waals surface area contributed by atoms with Gasteiger partial charge in [-0.3, -0.25) is 4.79 Å². The first-order chi connectivity index (χ1) is 13.7. The van der Waals surface area contributed by atoms with Gasteiger partial charge in [0.15, 0.2) is 0 Å². The number of aryl methyl sites for hydroxylation is 1. The molecule has 140 valence electrons. The molecular formula is C24H21NO3. The van der Waals surface area contributed by atoms with E-state index in [1.54, 1.807) is 0 Å². The molecule has 28 heavy (non-hydrogen) atoms. The minimum atomic E-state index is -0.213.